The molecular formula is C30H27Cl2NO5. The Hall–Kier alpha value is -3.48. The van der Waals surface area contributed by atoms with Crippen LogP contribution in [-0.2, 0) is 6.54 Å². The molecule has 0 radical (unpaired) electrons. The van der Waals surface area contributed by atoms with Gasteiger partial charge in [0.2, 0.25) is 5.76 Å². The monoisotopic (exact) mass is 551 g/mol. The SMILES string of the molecule is CCCCCOc1ccc(C2c3c(oc4ccc(Cl)cc4c3=O)C(=O)N2Cc2ccccc2Cl)cc1OC. The number of nitrogens with zero attached hydrogens (tertiary/aromatic N) is 1. The summed E-state index contributed by atoms with van der Waals surface area (Å²) in [7, 11) is 1.57. The zero-order valence-corrected chi connectivity index (χ0v) is 22.6. The molecule has 6 nitrogen and oxygen atoms in total. The highest BCUT2D eigenvalue weighted by molar-refractivity contribution is 6.31. The van der Waals surface area contributed by atoms with Gasteiger partial charge in [-0.3, -0.25) is 9.59 Å². The number of methoxy groups -OCH3 is 1. The van der Waals surface area contributed by atoms with Gasteiger partial charge in [0.1, 0.15) is 5.58 Å². The minimum absolute atomic E-state index is 0.0146. The van der Waals surface area contributed by atoms with E-state index in [2.05, 4.69) is 6.92 Å². The summed E-state index contributed by atoms with van der Waals surface area (Å²) in [4.78, 5) is 29.2. The molecule has 1 aliphatic rings. The lowest BCUT2D eigenvalue weighted by molar-refractivity contribution is 0.0714. The van der Waals surface area contributed by atoms with Crippen LogP contribution in [0.2, 0.25) is 10.0 Å². The second kappa shape index (κ2) is 11.1. The van der Waals surface area contributed by atoms with Crippen LogP contribution in [-0.4, -0.2) is 24.5 Å². The minimum atomic E-state index is -0.726. The van der Waals surface area contributed by atoms with Gasteiger partial charge < -0.3 is 18.8 Å². The van der Waals surface area contributed by atoms with Crippen molar-refractivity contribution in [2.24, 2.45) is 0 Å². The molecule has 1 aromatic heterocycles. The van der Waals surface area contributed by atoms with Gasteiger partial charge in [0.05, 0.1) is 30.7 Å². The Morgan fingerprint density at radius 2 is 1.79 bits per heavy atom. The number of halogens is 2. The van der Waals surface area contributed by atoms with Crippen molar-refractivity contribution in [3.8, 4) is 11.5 Å². The number of unbranched alkanes of at least 4 members (excludes halogenated alkanes) is 2. The predicted octanol–water partition coefficient (Wildman–Crippen LogP) is 7.42. The van der Waals surface area contributed by atoms with E-state index in [1.807, 2.05) is 36.4 Å². The molecule has 0 aliphatic carbocycles. The Morgan fingerprint density at radius 1 is 0.974 bits per heavy atom. The molecule has 1 unspecified atom stereocenters. The highest BCUT2D eigenvalue weighted by Crippen LogP contribution is 2.42. The molecule has 1 aliphatic heterocycles. The smallest absolute Gasteiger partial charge is 0.291 e. The van der Waals surface area contributed by atoms with Crippen LogP contribution >= 0.6 is 23.2 Å². The largest absolute Gasteiger partial charge is 0.493 e. The third kappa shape index (κ3) is 4.86. The van der Waals surface area contributed by atoms with E-state index in [0.29, 0.717) is 44.7 Å². The molecule has 0 bridgehead atoms. The number of amides is 1. The van der Waals surface area contributed by atoms with E-state index in [-0.39, 0.29) is 23.3 Å². The second-order valence-electron chi connectivity index (χ2n) is 9.21. The first kappa shape index (κ1) is 26.1. The molecule has 1 amide bonds. The number of fused-ring (bicyclic) bond motifs is 2. The van der Waals surface area contributed by atoms with Crippen LogP contribution in [0.3, 0.4) is 0 Å². The first-order valence-corrected chi connectivity index (χ1v) is 13.3. The Morgan fingerprint density at radius 3 is 2.55 bits per heavy atom. The van der Waals surface area contributed by atoms with Gasteiger partial charge in [-0.05, 0) is 53.9 Å². The van der Waals surface area contributed by atoms with Crippen LogP contribution in [0.4, 0.5) is 0 Å². The lowest BCUT2D eigenvalue weighted by atomic mass is 9.97. The summed E-state index contributed by atoms with van der Waals surface area (Å²) < 4.78 is 17.6. The highest BCUT2D eigenvalue weighted by atomic mass is 35.5. The van der Waals surface area contributed by atoms with Crippen molar-refractivity contribution >= 4 is 40.1 Å². The van der Waals surface area contributed by atoms with Crippen molar-refractivity contribution in [1.29, 1.82) is 0 Å². The Balaban J connectivity index is 1.64. The van der Waals surface area contributed by atoms with E-state index in [1.165, 1.54) is 0 Å². The van der Waals surface area contributed by atoms with Gasteiger partial charge in [0, 0.05) is 16.6 Å². The first-order valence-electron chi connectivity index (χ1n) is 12.5. The molecule has 8 heteroatoms. The highest BCUT2D eigenvalue weighted by Gasteiger charge is 2.43. The van der Waals surface area contributed by atoms with E-state index >= 15 is 0 Å². The van der Waals surface area contributed by atoms with E-state index in [4.69, 9.17) is 37.1 Å². The predicted molar refractivity (Wildman–Crippen MR) is 149 cm³/mol. The Kier molecular flexibility index (Phi) is 7.63. The lowest BCUT2D eigenvalue weighted by Gasteiger charge is -2.26. The molecule has 0 saturated heterocycles. The normalized spacial score (nSPS) is 14.7. The summed E-state index contributed by atoms with van der Waals surface area (Å²) in [6.45, 7) is 2.89. The van der Waals surface area contributed by atoms with Crippen LogP contribution in [0, 0.1) is 0 Å². The molecule has 2 heterocycles. The fourth-order valence-electron chi connectivity index (χ4n) is 4.82. The maximum absolute atomic E-state index is 13.8. The van der Waals surface area contributed by atoms with Crippen molar-refractivity contribution in [2.75, 3.05) is 13.7 Å². The van der Waals surface area contributed by atoms with Gasteiger partial charge in [-0.1, -0.05) is 67.2 Å². The number of benzene rings is 3. The van der Waals surface area contributed by atoms with Crippen LogP contribution in [0.15, 0.2) is 69.9 Å². The minimum Gasteiger partial charge on any atom is -0.493 e. The molecule has 3 aromatic carbocycles. The molecular weight excluding hydrogens is 525 g/mol. The van der Waals surface area contributed by atoms with Crippen molar-refractivity contribution in [3.05, 3.63) is 103 Å². The zero-order chi connectivity index (χ0) is 26.8. The second-order valence-corrected chi connectivity index (χ2v) is 10.1. The summed E-state index contributed by atoms with van der Waals surface area (Å²) in [5.74, 6) is 0.746. The summed E-state index contributed by atoms with van der Waals surface area (Å²) in [5, 5.41) is 1.25. The van der Waals surface area contributed by atoms with Crippen molar-refractivity contribution < 1.29 is 18.7 Å². The average molecular weight is 552 g/mol. The maximum atomic E-state index is 13.8. The number of ether oxygens (including phenoxy) is 2. The molecule has 0 fully saturated rings. The summed E-state index contributed by atoms with van der Waals surface area (Å²) in [5.41, 5.74) is 1.70. The number of carbonyl (C=O) groups is 1. The van der Waals surface area contributed by atoms with Crippen LogP contribution in [0.1, 0.15) is 59.5 Å². The van der Waals surface area contributed by atoms with Crippen LogP contribution < -0.4 is 14.9 Å². The maximum Gasteiger partial charge on any atom is 0.291 e. The van der Waals surface area contributed by atoms with E-state index in [0.717, 1.165) is 24.8 Å². The van der Waals surface area contributed by atoms with Gasteiger partial charge in [-0.2, -0.15) is 0 Å². The Bertz CT molecular complexity index is 1560. The standard InChI is InChI=1S/C30H27Cl2NO5/c1-3-4-7-14-37-24-12-10-18(15-25(24)36-2)27-26-28(34)21-16-20(31)11-13-23(21)38-29(26)30(35)33(27)17-19-8-5-6-9-22(19)32/h5-6,8-13,15-16,27H,3-4,7,14,17H2,1-2H3. The number of rotatable bonds is 9. The molecule has 4 aromatic rings. The summed E-state index contributed by atoms with van der Waals surface area (Å²) >= 11 is 12.6. The molecule has 5 rings (SSSR count). The van der Waals surface area contributed by atoms with Crippen LogP contribution in [0.25, 0.3) is 11.0 Å². The molecule has 0 saturated carbocycles. The topological polar surface area (TPSA) is 69.0 Å². The molecule has 1 atom stereocenters. The first-order chi connectivity index (χ1) is 18.4. The number of hydrogen-bond donors (Lipinski definition) is 0. The van der Waals surface area contributed by atoms with Gasteiger partial charge in [0.15, 0.2) is 16.9 Å². The van der Waals surface area contributed by atoms with Gasteiger partial charge >= 0.3 is 0 Å². The van der Waals surface area contributed by atoms with Gasteiger partial charge in [-0.25, -0.2) is 0 Å². The van der Waals surface area contributed by atoms with Gasteiger partial charge in [-0.15, -0.1) is 0 Å². The molecule has 38 heavy (non-hydrogen) atoms. The molecule has 0 spiro atoms. The number of hydrogen-bond acceptors (Lipinski definition) is 5. The van der Waals surface area contributed by atoms with Crippen molar-refractivity contribution in [1.82, 2.24) is 4.90 Å². The molecule has 196 valence electrons. The van der Waals surface area contributed by atoms with Crippen LogP contribution in [0.5, 0.6) is 11.5 Å². The van der Waals surface area contributed by atoms with Crippen molar-refractivity contribution in [3.63, 3.8) is 0 Å². The number of carbonyl (C=O) groups excluding carboxylic acids is 1. The summed E-state index contributed by atoms with van der Waals surface area (Å²) in [6.07, 6.45) is 3.11. The molecule has 0 N–H and O–H groups in total. The van der Waals surface area contributed by atoms with E-state index in [1.54, 1.807) is 36.3 Å². The quantitative estimate of drug-likeness (QED) is 0.202. The zero-order valence-electron chi connectivity index (χ0n) is 21.1. The summed E-state index contributed by atoms with van der Waals surface area (Å²) in [6, 6.07) is 16.9. The average Bonchev–Trinajstić information content (AvgIpc) is 3.19. The van der Waals surface area contributed by atoms with Gasteiger partial charge in [0.25, 0.3) is 5.91 Å². The Labute approximate surface area is 230 Å². The van der Waals surface area contributed by atoms with Crippen molar-refractivity contribution in [2.45, 2.75) is 38.8 Å². The lowest BCUT2D eigenvalue weighted by Crippen LogP contribution is -2.29. The third-order valence-corrected chi connectivity index (χ3v) is 7.34. The van der Waals surface area contributed by atoms with E-state index < -0.39 is 11.9 Å². The fourth-order valence-corrected chi connectivity index (χ4v) is 5.19. The van der Waals surface area contributed by atoms with E-state index in [9.17, 15) is 9.59 Å². The fraction of sp³-hybridized carbons (Fsp3) is 0.267. The third-order valence-electron chi connectivity index (χ3n) is 6.74.